The van der Waals surface area contributed by atoms with Crippen LogP contribution in [-0.2, 0) is 16.2 Å². The van der Waals surface area contributed by atoms with Crippen LogP contribution in [0, 0.1) is 0 Å². The molecular weight excluding hydrogens is 493 g/mol. The van der Waals surface area contributed by atoms with Gasteiger partial charge in [-0.2, -0.15) is 13.2 Å². The minimum atomic E-state index is -4.68. The predicted molar refractivity (Wildman–Crippen MR) is 130 cm³/mol. The Balaban J connectivity index is 2.01. The summed E-state index contributed by atoms with van der Waals surface area (Å²) in [6.07, 6.45) is -3.98. The van der Waals surface area contributed by atoms with E-state index in [1.807, 2.05) is 0 Å². The smallest absolute Gasteiger partial charge is 0.366 e. The molecular formula is C25H23F3N4O3S. The molecule has 0 aliphatic rings. The number of hydrogen-bond acceptors (Lipinski definition) is 4. The third kappa shape index (κ3) is 4.84. The summed E-state index contributed by atoms with van der Waals surface area (Å²) in [6, 6.07) is 15.1. The minimum Gasteiger partial charge on any atom is -0.366 e. The number of rotatable bonds is 5. The second-order valence-corrected chi connectivity index (χ2v) is 10.9. The Morgan fingerprint density at radius 3 is 2.14 bits per heavy atom. The highest BCUT2D eigenvalue weighted by molar-refractivity contribution is 7.89. The summed E-state index contributed by atoms with van der Waals surface area (Å²) in [6.45, 7) is 5.12. The number of para-hydroxylation sites is 1. The summed E-state index contributed by atoms with van der Waals surface area (Å²) in [5.74, 6) is -0.947. The molecule has 2 aromatic carbocycles. The zero-order valence-corrected chi connectivity index (χ0v) is 20.4. The van der Waals surface area contributed by atoms with Crippen molar-refractivity contribution in [3.63, 3.8) is 0 Å². The number of aromatic nitrogens is 2. The number of hydrogen-bond donors (Lipinski definition) is 2. The van der Waals surface area contributed by atoms with Crippen LogP contribution in [-0.4, -0.2) is 29.4 Å². The van der Waals surface area contributed by atoms with Gasteiger partial charge in [0.15, 0.2) is 0 Å². The molecule has 2 aromatic heterocycles. The summed E-state index contributed by atoms with van der Waals surface area (Å²) in [5, 5.41) is -0.0673. The van der Waals surface area contributed by atoms with E-state index in [1.54, 1.807) is 51.1 Å². The molecule has 188 valence electrons. The quantitative estimate of drug-likeness (QED) is 0.394. The van der Waals surface area contributed by atoms with Crippen molar-refractivity contribution in [2.24, 2.45) is 5.73 Å². The fraction of sp³-hybridized carbons (Fsp3) is 0.200. The predicted octanol–water partition coefficient (Wildman–Crippen LogP) is 4.89. The van der Waals surface area contributed by atoms with Gasteiger partial charge >= 0.3 is 6.18 Å². The average molecular weight is 517 g/mol. The molecule has 36 heavy (non-hydrogen) atoms. The van der Waals surface area contributed by atoms with Gasteiger partial charge in [0.05, 0.1) is 21.7 Å². The lowest BCUT2D eigenvalue weighted by atomic mass is 10.0. The van der Waals surface area contributed by atoms with Gasteiger partial charge in [-0.1, -0.05) is 30.3 Å². The van der Waals surface area contributed by atoms with Crippen LogP contribution in [0.4, 0.5) is 13.2 Å². The van der Waals surface area contributed by atoms with Gasteiger partial charge in [0.1, 0.15) is 5.65 Å². The molecule has 2 heterocycles. The first-order valence-electron chi connectivity index (χ1n) is 10.8. The lowest BCUT2D eigenvalue weighted by Gasteiger charge is -2.20. The number of carbonyl (C=O) groups is 1. The van der Waals surface area contributed by atoms with E-state index in [4.69, 9.17) is 5.73 Å². The Morgan fingerprint density at radius 1 is 1.00 bits per heavy atom. The molecule has 0 unspecified atom stereocenters. The Hall–Kier alpha value is -3.70. The van der Waals surface area contributed by atoms with Gasteiger partial charge in [0.2, 0.25) is 10.0 Å². The molecule has 4 aromatic rings. The van der Waals surface area contributed by atoms with Gasteiger partial charge in [-0.15, -0.1) is 0 Å². The van der Waals surface area contributed by atoms with E-state index in [-0.39, 0.29) is 27.2 Å². The molecule has 0 aliphatic heterocycles. The lowest BCUT2D eigenvalue weighted by molar-refractivity contribution is -0.137. The Kier molecular flexibility index (Phi) is 6.17. The van der Waals surface area contributed by atoms with E-state index in [0.717, 1.165) is 6.07 Å². The molecule has 0 spiro atoms. The highest BCUT2D eigenvalue weighted by atomic mass is 32.2. The zero-order valence-electron chi connectivity index (χ0n) is 19.6. The molecule has 0 aliphatic carbocycles. The van der Waals surface area contributed by atoms with Crippen LogP contribution in [0.2, 0.25) is 0 Å². The molecule has 7 nitrogen and oxygen atoms in total. The number of benzene rings is 2. The van der Waals surface area contributed by atoms with Crippen molar-refractivity contribution >= 4 is 27.0 Å². The first kappa shape index (κ1) is 25.4. The van der Waals surface area contributed by atoms with Gasteiger partial charge in [0.25, 0.3) is 5.91 Å². The molecule has 1 amide bonds. The summed E-state index contributed by atoms with van der Waals surface area (Å²) in [4.78, 5) is 16.6. The van der Waals surface area contributed by atoms with Crippen LogP contribution in [0.5, 0.6) is 0 Å². The second-order valence-electron chi connectivity index (χ2n) is 9.23. The van der Waals surface area contributed by atoms with Crippen LogP contribution < -0.4 is 10.5 Å². The van der Waals surface area contributed by atoms with E-state index in [1.165, 1.54) is 28.8 Å². The van der Waals surface area contributed by atoms with Crippen molar-refractivity contribution in [2.75, 3.05) is 0 Å². The molecule has 0 saturated carbocycles. The van der Waals surface area contributed by atoms with Gasteiger partial charge in [-0.05, 0) is 56.7 Å². The second kappa shape index (κ2) is 8.75. The molecule has 0 atom stereocenters. The standard InChI is InChI=1S/C25H23F3N4O3S/c1-24(2,3)31-36(34,35)18-11-9-15(10-12-18)21-20(22(29)33)19-13-16(25(26,27)28)14-30-23(19)32(21)17-7-5-4-6-8-17/h4-14,31H,1-3H3,(H2,29,33). The molecule has 4 rings (SSSR count). The van der Waals surface area contributed by atoms with Crippen molar-refractivity contribution < 1.29 is 26.4 Å². The summed E-state index contributed by atoms with van der Waals surface area (Å²) in [5.41, 5.74) is 4.98. The largest absolute Gasteiger partial charge is 0.417 e. The molecule has 0 bridgehead atoms. The Labute approximate surface area is 205 Å². The fourth-order valence-corrected chi connectivity index (χ4v) is 5.34. The fourth-order valence-electron chi connectivity index (χ4n) is 3.93. The topological polar surface area (TPSA) is 107 Å². The number of carbonyl (C=O) groups excluding carboxylic acids is 1. The van der Waals surface area contributed by atoms with Crippen molar-refractivity contribution in [3.8, 4) is 16.9 Å². The maximum atomic E-state index is 13.4. The molecule has 3 N–H and O–H groups in total. The number of halogens is 3. The highest BCUT2D eigenvalue weighted by Gasteiger charge is 2.33. The van der Waals surface area contributed by atoms with E-state index in [9.17, 15) is 26.4 Å². The first-order chi connectivity index (χ1) is 16.7. The van der Waals surface area contributed by atoms with Gasteiger partial charge in [-0.3, -0.25) is 9.36 Å². The average Bonchev–Trinajstić information content (AvgIpc) is 3.12. The minimum absolute atomic E-state index is 0.0124. The molecule has 11 heteroatoms. The van der Waals surface area contributed by atoms with E-state index >= 15 is 0 Å². The van der Waals surface area contributed by atoms with E-state index < -0.39 is 33.2 Å². The van der Waals surface area contributed by atoms with Crippen LogP contribution in [0.1, 0.15) is 36.7 Å². The van der Waals surface area contributed by atoms with E-state index in [0.29, 0.717) is 17.4 Å². The van der Waals surface area contributed by atoms with Crippen LogP contribution in [0.3, 0.4) is 0 Å². The summed E-state index contributed by atoms with van der Waals surface area (Å²) < 4.78 is 69.9. The number of sulfonamides is 1. The van der Waals surface area contributed by atoms with Gasteiger partial charge in [0, 0.05) is 22.8 Å². The third-order valence-corrected chi connectivity index (χ3v) is 7.05. The first-order valence-corrected chi connectivity index (χ1v) is 12.3. The zero-order chi connectivity index (χ0) is 26.5. The van der Waals surface area contributed by atoms with Crippen LogP contribution in [0.15, 0.2) is 71.8 Å². The van der Waals surface area contributed by atoms with Gasteiger partial charge < -0.3 is 5.73 Å². The third-order valence-electron chi connectivity index (χ3n) is 5.27. The summed E-state index contributed by atoms with van der Waals surface area (Å²) in [7, 11) is -3.84. The number of fused-ring (bicyclic) bond motifs is 1. The maximum Gasteiger partial charge on any atom is 0.417 e. The number of nitrogens with one attached hydrogen (secondary N) is 1. The number of amides is 1. The van der Waals surface area contributed by atoms with Crippen LogP contribution in [0.25, 0.3) is 28.0 Å². The number of pyridine rings is 1. The van der Waals surface area contributed by atoms with Crippen molar-refractivity contribution in [2.45, 2.75) is 37.4 Å². The Morgan fingerprint density at radius 2 is 1.61 bits per heavy atom. The molecule has 0 saturated heterocycles. The monoisotopic (exact) mass is 516 g/mol. The van der Waals surface area contributed by atoms with Gasteiger partial charge in [-0.25, -0.2) is 18.1 Å². The number of nitrogens with zero attached hydrogens (tertiary/aromatic N) is 2. The van der Waals surface area contributed by atoms with Crippen molar-refractivity contribution in [3.05, 3.63) is 78.0 Å². The molecule has 0 fully saturated rings. The number of primary amides is 1. The summed E-state index contributed by atoms with van der Waals surface area (Å²) >= 11 is 0. The highest BCUT2D eigenvalue weighted by Crippen LogP contribution is 2.38. The van der Waals surface area contributed by atoms with Crippen LogP contribution >= 0.6 is 0 Å². The number of nitrogens with two attached hydrogens (primary N) is 1. The maximum absolute atomic E-state index is 13.4. The van der Waals surface area contributed by atoms with Crippen molar-refractivity contribution in [1.29, 1.82) is 0 Å². The SMILES string of the molecule is CC(C)(C)NS(=O)(=O)c1ccc(-c2c(C(N)=O)c3cc(C(F)(F)F)cnc3n2-c2ccccc2)cc1. The van der Waals surface area contributed by atoms with E-state index in [2.05, 4.69) is 9.71 Å². The van der Waals surface area contributed by atoms with Crippen molar-refractivity contribution in [1.82, 2.24) is 14.3 Å². The Bertz CT molecular complexity index is 1550. The molecule has 0 radical (unpaired) electrons. The normalized spacial score (nSPS) is 12.7. The lowest BCUT2D eigenvalue weighted by Crippen LogP contribution is -2.40. The number of alkyl halides is 3.